The van der Waals surface area contributed by atoms with Gasteiger partial charge in [0.25, 0.3) is 10.1 Å². The van der Waals surface area contributed by atoms with Crippen molar-refractivity contribution in [3.05, 3.63) is 0 Å². The summed E-state index contributed by atoms with van der Waals surface area (Å²) in [6, 6.07) is 0. The molecule has 0 saturated carbocycles. The lowest BCUT2D eigenvalue weighted by molar-refractivity contribution is 0.232. The van der Waals surface area contributed by atoms with Crippen LogP contribution in [0.2, 0.25) is 0 Å². The summed E-state index contributed by atoms with van der Waals surface area (Å²) >= 11 is 0. The molecule has 2 atom stereocenters. The summed E-state index contributed by atoms with van der Waals surface area (Å²) in [6.45, 7) is 12.1. The molecule has 0 fully saturated rings. The predicted molar refractivity (Wildman–Crippen MR) is 72.6 cm³/mol. The highest BCUT2D eigenvalue weighted by Crippen LogP contribution is 2.34. The summed E-state index contributed by atoms with van der Waals surface area (Å²) in [6.07, 6.45) is 1.57. The second-order valence-corrected chi connectivity index (χ2v) is 7.19. The first-order chi connectivity index (χ1) is 7.66. The maximum Gasteiger partial charge on any atom is 0.268 e. The molecule has 0 radical (unpaired) electrons. The minimum atomic E-state index is -3.98. The van der Waals surface area contributed by atoms with Crippen LogP contribution in [-0.4, -0.2) is 18.2 Å². The van der Waals surface area contributed by atoms with Crippen LogP contribution < -0.4 is 0 Å². The van der Waals surface area contributed by atoms with Crippen LogP contribution in [0.3, 0.4) is 0 Å². The molecule has 0 rings (SSSR count). The van der Waals surface area contributed by atoms with Gasteiger partial charge in [-0.15, -0.1) is 0 Å². The zero-order valence-electron chi connectivity index (χ0n) is 12.0. The number of rotatable bonds is 7. The van der Waals surface area contributed by atoms with E-state index in [4.69, 9.17) is 0 Å². The molecule has 0 spiro atoms. The van der Waals surface area contributed by atoms with E-state index in [2.05, 4.69) is 0 Å². The largest absolute Gasteiger partial charge is 0.285 e. The van der Waals surface area contributed by atoms with Crippen molar-refractivity contribution in [1.82, 2.24) is 0 Å². The first-order valence-corrected chi connectivity index (χ1v) is 8.13. The zero-order chi connectivity index (χ0) is 13.8. The van der Waals surface area contributed by atoms with Gasteiger partial charge >= 0.3 is 0 Å². The van der Waals surface area contributed by atoms with E-state index in [-0.39, 0.29) is 23.7 Å². The number of hydrogen-bond acceptors (Lipinski definition) is 2. The van der Waals surface area contributed by atoms with Gasteiger partial charge in [-0.05, 0) is 23.7 Å². The predicted octanol–water partition coefficient (Wildman–Crippen LogP) is 3.61. The highest BCUT2D eigenvalue weighted by atomic mass is 32.2. The summed E-state index contributed by atoms with van der Waals surface area (Å²) in [5.74, 6) is 0.578. The van der Waals surface area contributed by atoms with Crippen LogP contribution in [-0.2, 0) is 10.1 Å². The minimum absolute atomic E-state index is 0.0253. The molecule has 0 aliphatic heterocycles. The maximum absolute atomic E-state index is 11.7. The van der Waals surface area contributed by atoms with E-state index in [1.807, 2.05) is 41.5 Å². The van der Waals surface area contributed by atoms with Crippen LogP contribution in [0.25, 0.3) is 0 Å². The van der Waals surface area contributed by atoms with Crippen molar-refractivity contribution in [3.63, 3.8) is 0 Å². The van der Waals surface area contributed by atoms with E-state index in [1.54, 1.807) is 0 Å². The molecule has 2 unspecified atom stereocenters. The molecule has 104 valence electrons. The number of hydrogen-bond donors (Lipinski definition) is 1. The van der Waals surface area contributed by atoms with Gasteiger partial charge in [0.05, 0.1) is 5.25 Å². The Balaban J connectivity index is 5.40. The fourth-order valence-electron chi connectivity index (χ4n) is 2.93. The smallest absolute Gasteiger partial charge is 0.268 e. The topological polar surface area (TPSA) is 54.4 Å². The normalized spacial score (nSPS) is 18.4. The molecule has 0 aliphatic rings. The van der Waals surface area contributed by atoms with Gasteiger partial charge < -0.3 is 0 Å². The summed E-state index contributed by atoms with van der Waals surface area (Å²) in [5, 5.41) is -0.627. The monoisotopic (exact) mass is 264 g/mol. The van der Waals surface area contributed by atoms with Crippen LogP contribution in [0.15, 0.2) is 0 Å². The summed E-state index contributed by atoms with van der Waals surface area (Å²) in [5.41, 5.74) is 0. The van der Waals surface area contributed by atoms with Crippen LogP contribution in [0.1, 0.15) is 54.4 Å². The Bertz CT molecular complexity index is 291. The van der Waals surface area contributed by atoms with Crippen molar-refractivity contribution < 1.29 is 13.0 Å². The van der Waals surface area contributed by atoms with E-state index < -0.39 is 15.4 Å². The summed E-state index contributed by atoms with van der Waals surface area (Å²) in [4.78, 5) is 0. The second-order valence-electron chi connectivity index (χ2n) is 5.61. The molecule has 17 heavy (non-hydrogen) atoms. The summed E-state index contributed by atoms with van der Waals surface area (Å²) < 4.78 is 32.9. The van der Waals surface area contributed by atoms with Gasteiger partial charge in [-0.25, -0.2) is 0 Å². The average Bonchev–Trinajstić information content (AvgIpc) is 2.15. The molecule has 0 bridgehead atoms. The molecule has 0 heterocycles. The molecule has 0 aliphatic carbocycles. The maximum atomic E-state index is 11.7. The van der Waals surface area contributed by atoms with Gasteiger partial charge in [-0.1, -0.05) is 54.4 Å². The highest BCUT2D eigenvalue weighted by molar-refractivity contribution is 7.86. The quantitative estimate of drug-likeness (QED) is 0.715. The molecule has 0 aromatic carbocycles. The van der Waals surface area contributed by atoms with Crippen LogP contribution in [0, 0.1) is 23.7 Å². The highest BCUT2D eigenvalue weighted by Gasteiger charge is 2.39. The van der Waals surface area contributed by atoms with Crippen LogP contribution in [0.5, 0.6) is 0 Å². The van der Waals surface area contributed by atoms with Crippen molar-refractivity contribution in [2.24, 2.45) is 23.7 Å². The Morgan fingerprint density at radius 2 is 1.18 bits per heavy atom. The SMILES string of the molecule is CCC(C(C)C)C(C(CC)C(C)C)S(=O)(=O)O. The second kappa shape index (κ2) is 6.74. The Labute approximate surface area is 107 Å². The van der Waals surface area contributed by atoms with Crippen molar-refractivity contribution >= 4 is 10.1 Å². The molecule has 4 heteroatoms. The molecule has 0 amide bonds. The van der Waals surface area contributed by atoms with Gasteiger partial charge in [0.2, 0.25) is 0 Å². The van der Waals surface area contributed by atoms with Crippen molar-refractivity contribution in [3.8, 4) is 0 Å². The molecule has 3 nitrogen and oxygen atoms in total. The van der Waals surface area contributed by atoms with Crippen molar-refractivity contribution in [2.75, 3.05) is 0 Å². The van der Waals surface area contributed by atoms with Gasteiger partial charge in [-0.3, -0.25) is 4.55 Å². The Morgan fingerprint density at radius 1 is 0.882 bits per heavy atom. The first kappa shape index (κ1) is 16.9. The van der Waals surface area contributed by atoms with Gasteiger partial charge in [0.15, 0.2) is 0 Å². The van der Waals surface area contributed by atoms with Gasteiger partial charge in [0, 0.05) is 0 Å². The summed E-state index contributed by atoms with van der Waals surface area (Å²) in [7, 11) is -3.98. The fraction of sp³-hybridized carbons (Fsp3) is 1.00. The van der Waals surface area contributed by atoms with Gasteiger partial charge in [0.1, 0.15) is 0 Å². The Kier molecular flexibility index (Phi) is 6.70. The third-order valence-electron chi connectivity index (χ3n) is 3.84. The Hall–Kier alpha value is -0.0900. The molecular formula is C13H28O3S. The standard InChI is InChI=1S/C13H28O3S/c1-7-11(9(3)4)13(17(14,15)16)12(8-2)10(5)6/h9-13H,7-8H2,1-6H3,(H,14,15,16). The average molecular weight is 264 g/mol. The molecule has 1 N–H and O–H groups in total. The van der Waals surface area contributed by atoms with Crippen LogP contribution >= 0.6 is 0 Å². The van der Waals surface area contributed by atoms with E-state index in [1.165, 1.54) is 0 Å². The van der Waals surface area contributed by atoms with Crippen LogP contribution in [0.4, 0.5) is 0 Å². The van der Waals surface area contributed by atoms with E-state index in [0.717, 1.165) is 12.8 Å². The lowest BCUT2D eigenvalue weighted by Crippen LogP contribution is -2.40. The lowest BCUT2D eigenvalue weighted by atomic mass is 9.78. The minimum Gasteiger partial charge on any atom is -0.285 e. The molecular weight excluding hydrogens is 236 g/mol. The third kappa shape index (κ3) is 4.59. The molecule has 0 aromatic heterocycles. The lowest BCUT2D eigenvalue weighted by Gasteiger charge is -2.35. The van der Waals surface area contributed by atoms with E-state index >= 15 is 0 Å². The third-order valence-corrected chi connectivity index (χ3v) is 5.23. The Morgan fingerprint density at radius 3 is 1.29 bits per heavy atom. The molecule has 0 aromatic rings. The van der Waals surface area contributed by atoms with Crippen molar-refractivity contribution in [1.29, 1.82) is 0 Å². The molecule has 0 saturated heterocycles. The van der Waals surface area contributed by atoms with E-state index in [0.29, 0.717) is 0 Å². The first-order valence-electron chi connectivity index (χ1n) is 6.63. The van der Waals surface area contributed by atoms with Gasteiger partial charge in [-0.2, -0.15) is 8.42 Å². The zero-order valence-corrected chi connectivity index (χ0v) is 12.8. The van der Waals surface area contributed by atoms with Crippen molar-refractivity contribution in [2.45, 2.75) is 59.6 Å². The van der Waals surface area contributed by atoms with E-state index in [9.17, 15) is 13.0 Å². The fourth-order valence-corrected chi connectivity index (χ4v) is 4.82.